The Kier molecular flexibility index (Phi) is 4.08. The van der Waals surface area contributed by atoms with Crippen molar-refractivity contribution in [3.05, 3.63) is 52.3 Å². The molecular weight excluding hydrogens is 326 g/mol. The summed E-state index contributed by atoms with van der Waals surface area (Å²) < 4.78 is 39.6. The van der Waals surface area contributed by atoms with Crippen LogP contribution in [0, 0.1) is 5.82 Å². The maximum absolute atomic E-state index is 13.0. The second-order valence-electron chi connectivity index (χ2n) is 3.92. The fraction of sp³-hybridized carbons (Fsp3) is 0. The van der Waals surface area contributed by atoms with Crippen LogP contribution in [-0.4, -0.2) is 8.42 Å². The van der Waals surface area contributed by atoms with Gasteiger partial charge in [0.05, 0.1) is 15.7 Å². The molecule has 4 nitrogen and oxygen atoms in total. The van der Waals surface area contributed by atoms with Gasteiger partial charge >= 0.3 is 0 Å². The summed E-state index contributed by atoms with van der Waals surface area (Å²) in [5.41, 5.74) is 5.92. The van der Waals surface area contributed by atoms with Crippen molar-refractivity contribution in [3.63, 3.8) is 0 Å². The van der Waals surface area contributed by atoms with Crippen LogP contribution < -0.4 is 10.5 Å². The van der Waals surface area contributed by atoms with Crippen molar-refractivity contribution < 1.29 is 12.8 Å². The predicted molar refractivity (Wildman–Crippen MR) is 78.1 cm³/mol. The van der Waals surface area contributed by atoms with Crippen LogP contribution in [0.15, 0.2) is 41.3 Å². The molecule has 0 fully saturated rings. The van der Waals surface area contributed by atoms with Gasteiger partial charge in [0.25, 0.3) is 10.0 Å². The van der Waals surface area contributed by atoms with Crippen molar-refractivity contribution in [2.24, 2.45) is 0 Å². The molecule has 2 aromatic carbocycles. The smallest absolute Gasteiger partial charge is 0.263 e. The lowest BCUT2D eigenvalue weighted by Gasteiger charge is -2.10. The summed E-state index contributed by atoms with van der Waals surface area (Å²) in [6.07, 6.45) is 0. The zero-order valence-corrected chi connectivity index (χ0v) is 12.2. The first-order valence-corrected chi connectivity index (χ1v) is 7.56. The average molecular weight is 335 g/mol. The number of hydrogen-bond acceptors (Lipinski definition) is 3. The number of hydrogen-bond donors (Lipinski definition) is 2. The van der Waals surface area contributed by atoms with Crippen LogP contribution in [0.25, 0.3) is 0 Å². The van der Waals surface area contributed by atoms with E-state index < -0.39 is 15.8 Å². The molecule has 0 aliphatic carbocycles. The molecular formula is C12H9Cl2FN2O2S. The number of halogens is 3. The van der Waals surface area contributed by atoms with E-state index >= 15 is 0 Å². The van der Waals surface area contributed by atoms with Gasteiger partial charge in [0.15, 0.2) is 0 Å². The molecule has 8 heteroatoms. The molecule has 0 aliphatic rings. The minimum absolute atomic E-state index is 0.0277. The minimum atomic E-state index is -3.94. The number of nitrogens with one attached hydrogen (secondary N) is 1. The number of sulfonamides is 1. The quantitative estimate of drug-likeness (QED) is 0.843. The summed E-state index contributed by atoms with van der Waals surface area (Å²) in [5, 5.41) is -0.163. The third kappa shape index (κ3) is 3.15. The lowest BCUT2D eigenvalue weighted by molar-refractivity contribution is 0.601. The van der Waals surface area contributed by atoms with Crippen LogP contribution in [0.1, 0.15) is 0 Å². The highest BCUT2D eigenvalue weighted by molar-refractivity contribution is 7.92. The van der Waals surface area contributed by atoms with Gasteiger partial charge in [0, 0.05) is 5.69 Å². The lowest BCUT2D eigenvalue weighted by Crippen LogP contribution is -2.14. The fourth-order valence-corrected chi connectivity index (χ4v) is 3.26. The molecule has 0 radical (unpaired) electrons. The maximum Gasteiger partial charge on any atom is 0.263 e. The Morgan fingerprint density at radius 1 is 1.05 bits per heavy atom. The van der Waals surface area contributed by atoms with Crippen LogP contribution in [0.3, 0.4) is 0 Å². The predicted octanol–water partition coefficient (Wildman–Crippen LogP) is 3.52. The summed E-state index contributed by atoms with van der Waals surface area (Å²) in [4.78, 5) is -0.167. The van der Waals surface area contributed by atoms with Gasteiger partial charge < -0.3 is 5.73 Å². The average Bonchev–Trinajstić information content (AvgIpc) is 2.36. The molecule has 2 aromatic rings. The molecule has 0 bridgehead atoms. The third-order valence-electron chi connectivity index (χ3n) is 2.42. The topological polar surface area (TPSA) is 72.2 Å². The molecule has 106 valence electrons. The first-order chi connectivity index (χ1) is 9.29. The number of anilines is 2. The number of nitrogen functional groups attached to an aromatic ring is 1. The van der Waals surface area contributed by atoms with Gasteiger partial charge in [-0.3, -0.25) is 4.72 Å². The zero-order valence-electron chi connectivity index (χ0n) is 9.90. The molecule has 0 saturated carbocycles. The molecule has 20 heavy (non-hydrogen) atoms. The van der Waals surface area contributed by atoms with Gasteiger partial charge in [-0.15, -0.1) is 0 Å². The van der Waals surface area contributed by atoms with Crippen LogP contribution in [-0.2, 0) is 10.0 Å². The Balaban J connectivity index is 2.40. The van der Waals surface area contributed by atoms with Crippen LogP contribution in [0.4, 0.5) is 15.8 Å². The zero-order chi connectivity index (χ0) is 14.9. The monoisotopic (exact) mass is 334 g/mol. The molecule has 0 heterocycles. The van der Waals surface area contributed by atoms with Gasteiger partial charge in [0.2, 0.25) is 0 Å². The molecule has 0 spiro atoms. The first-order valence-electron chi connectivity index (χ1n) is 5.32. The molecule has 0 aliphatic heterocycles. The first kappa shape index (κ1) is 14.9. The van der Waals surface area contributed by atoms with E-state index in [2.05, 4.69) is 4.72 Å². The van der Waals surface area contributed by atoms with Crippen LogP contribution >= 0.6 is 23.2 Å². The number of rotatable bonds is 3. The summed E-state index contributed by atoms with van der Waals surface area (Å²) in [7, 11) is -3.94. The van der Waals surface area contributed by atoms with Gasteiger partial charge in [-0.2, -0.15) is 0 Å². The van der Waals surface area contributed by atoms with Gasteiger partial charge in [0.1, 0.15) is 10.7 Å². The number of nitrogens with two attached hydrogens (primary N) is 1. The molecule has 2 rings (SSSR count). The largest absolute Gasteiger partial charge is 0.399 e. The van der Waals surface area contributed by atoms with Gasteiger partial charge in [-0.25, -0.2) is 12.8 Å². The van der Waals surface area contributed by atoms with E-state index in [-0.39, 0.29) is 26.3 Å². The summed E-state index contributed by atoms with van der Waals surface area (Å²) >= 11 is 11.4. The van der Waals surface area contributed by atoms with Crippen molar-refractivity contribution in [2.45, 2.75) is 4.90 Å². The maximum atomic E-state index is 13.0. The van der Waals surface area contributed by atoms with E-state index in [4.69, 9.17) is 28.9 Å². The highest BCUT2D eigenvalue weighted by Gasteiger charge is 2.18. The van der Waals surface area contributed by atoms with Crippen LogP contribution in [0.2, 0.25) is 10.0 Å². The fourth-order valence-electron chi connectivity index (χ4n) is 1.50. The van der Waals surface area contributed by atoms with Gasteiger partial charge in [-0.1, -0.05) is 23.2 Å². The third-order valence-corrected chi connectivity index (χ3v) is 4.57. The standard InChI is InChI=1S/C12H9Cl2FN2O2S/c13-9-3-1-7(16)5-12(9)20(18,19)17-8-2-4-11(15)10(14)6-8/h1-6,17H,16H2. The molecule has 0 amide bonds. The molecule has 0 atom stereocenters. The van der Waals surface area contributed by atoms with Crippen LogP contribution in [0.5, 0.6) is 0 Å². The van der Waals surface area contributed by atoms with Gasteiger partial charge in [-0.05, 0) is 36.4 Å². The highest BCUT2D eigenvalue weighted by atomic mass is 35.5. The second-order valence-corrected chi connectivity index (χ2v) is 6.39. The normalized spacial score (nSPS) is 11.3. The Morgan fingerprint density at radius 2 is 1.75 bits per heavy atom. The number of benzene rings is 2. The van der Waals surface area contributed by atoms with Crippen molar-refractivity contribution in [1.82, 2.24) is 0 Å². The Bertz CT molecular complexity index is 766. The molecule has 0 unspecified atom stereocenters. The van der Waals surface area contributed by atoms with Crippen molar-refractivity contribution >= 4 is 44.6 Å². The van der Waals surface area contributed by atoms with Crippen molar-refractivity contribution in [1.29, 1.82) is 0 Å². The van der Waals surface area contributed by atoms with E-state index in [0.29, 0.717) is 0 Å². The minimum Gasteiger partial charge on any atom is -0.399 e. The molecule has 3 N–H and O–H groups in total. The summed E-state index contributed by atoms with van der Waals surface area (Å²) in [6.45, 7) is 0. The summed E-state index contributed by atoms with van der Waals surface area (Å²) in [5.74, 6) is -0.642. The van der Waals surface area contributed by atoms with E-state index in [1.165, 1.54) is 24.3 Å². The van der Waals surface area contributed by atoms with E-state index in [1.54, 1.807) is 0 Å². The second kappa shape index (κ2) is 5.47. The summed E-state index contributed by atoms with van der Waals surface area (Å²) in [6, 6.07) is 7.56. The molecule has 0 saturated heterocycles. The van der Waals surface area contributed by atoms with E-state index in [9.17, 15) is 12.8 Å². The van der Waals surface area contributed by atoms with Crippen molar-refractivity contribution in [3.8, 4) is 0 Å². The SMILES string of the molecule is Nc1ccc(Cl)c(S(=O)(=O)Nc2ccc(F)c(Cl)c2)c1. The lowest BCUT2D eigenvalue weighted by atomic mass is 10.3. The Hall–Kier alpha value is -1.50. The van der Waals surface area contributed by atoms with E-state index in [0.717, 1.165) is 12.1 Å². The highest BCUT2D eigenvalue weighted by Crippen LogP contribution is 2.27. The Labute approximate surface area is 125 Å². The Morgan fingerprint density at radius 3 is 2.40 bits per heavy atom. The van der Waals surface area contributed by atoms with Crippen molar-refractivity contribution in [2.75, 3.05) is 10.5 Å². The van der Waals surface area contributed by atoms with E-state index in [1.807, 2.05) is 0 Å². The molecule has 0 aromatic heterocycles.